The number of pyridine rings is 1. The number of nitrogen functional groups attached to an aromatic ring is 1. The number of rotatable bonds is 10. The highest BCUT2D eigenvalue weighted by Crippen LogP contribution is 2.23. The first-order chi connectivity index (χ1) is 19.5. The van der Waals surface area contributed by atoms with E-state index >= 15 is 0 Å². The smallest absolute Gasteiger partial charge is 0.255 e. The Morgan fingerprint density at radius 2 is 1.80 bits per heavy atom. The number of amides is 1. The van der Waals surface area contributed by atoms with E-state index in [-0.39, 0.29) is 28.5 Å². The van der Waals surface area contributed by atoms with Gasteiger partial charge in [-0.05, 0) is 62.9 Å². The van der Waals surface area contributed by atoms with Crippen LogP contribution in [-0.4, -0.2) is 26.4 Å². The van der Waals surface area contributed by atoms with Crippen LogP contribution < -0.4 is 22.1 Å². The van der Waals surface area contributed by atoms with Crippen LogP contribution in [0.1, 0.15) is 66.0 Å². The van der Waals surface area contributed by atoms with E-state index < -0.39 is 5.91 Å². The zero-order valence-electron chi connectivity index (χ0n) is 23.3. The minimum atomic E-state index is -0.403. The molecule has 0 spiro atoms. The van der Waals surface area contributed by atoms with Gasteiger partial charge >= 0.3 is 0 Å². The number of halogens is 1. The number of nitrogens with one attached hydrogen (secondary N) is 2. The highest BCUT2D eigenvalue weighted by atomic mass is 19.1. The second-order valence-electron chi connectivity index (χ2n) is 10.6. The topological polar surface area (TPSA) is 156 Å². The van der Waals surface area contributed by atoms with Gasteiger partial charge in [0.05, 0.1) is 34.8 Å². The monoisotopic (exact) mass is 552 g/mol. The van der Waals surface area contributed by atoms with E-state index in [2.05, 4.69) is 20.6 Å². The van der Waals surface area contributed by atoms with Crippen LogP contribution in [0.25, 0.3) is 11.3 Å². The lowest BCUT2D eigenvalue weighted by Crippen LogP contribution is -2.32. The second-order valence-corrected chi connectivity index (χ2v) is 10.6. The van der Waals surface area contributed by atoms with E-state index in [1.807, 2.05) is 44.2 Å². The third-order valence-electron chi connectivity index (χ3n) is 6.57. The number of aromatic nitrogens is 3. The highest BCUT2D eigenvalue weighted by molar-refractivity contribution is 5.99. The van der Waals surface area contributed by atoms with Crippen molar-refractivity contribution in [2.45, 2.75) is 51.7 Å². The van der Waals surface area contributed by atoms with Crippen LogP contribution >= 0.6 is 0 Å². The Morgan fingerprint density at radius 1 is 1.10 bits per heavy atom. The van der Waals surface area contributed by atoms with Gasteiger partial charge in [0, 0.05) is 23.8 Å². The normalized spacial score (nSPS) is 11.9. The molecule has 2 aromatic carbocycles. The Balaban J connectivity index is 1.46. The molecule has 6 N–H and O–H groups in total. The van der Waals surface area contributed by atoms with Crippen molar-refractivity contribution in [1.82, 2.24) is 20.3 Å². The average molecular weight is 553 g/mol. The molecule has 2 heterocycles. The number of carbonyl (C=O) groups excluding carboxylic acids is 1. The summed E-state index contributed by atoms with van der Waals surface area (Å²) in [5.74, 6) is -0.00934. The summed E-state index contributed by atoms with van der Waals surface area (Å²) in [6.07, 6.45) is 4.43. The molecule has 1 amide bonds. The van der Waals surface area contributed by atoms with Gasteiger partial charge in [0.15, 0.2) is 0 Å². The highest BCUT2D eigenvalue weighted by Gasteiger charge is 2.18. The molecule has 0 bridgehead atoms. The van der Waals surface area contributed by atoms with Crippen molar-refractivity contribution in [3.8, 4) is 17.3 Å². The van der Waals surface area contributed by atoms with Crippen molar-refractivity contribution in [2.75, 3.05) is 11.1 Å². The molecule has 0 aliphatic carbocycles. The summed E-state index contributed by atoms with van der Waals surface area (Å²) >= 11 is 0. The molecule has 210 valence electrons. The molecule has 0 radical (unpaired) electrons. The Kier molecular flexibility index (Phi) is 8.90. The first kappa shape index (κ1) is 29.1. The van der Waals surface area contributed by atoms with Gasteiger partial charge in [0.1, 0.15) is 23.5 Å². The molecule has 0 unspecified atom stereocenters. The van der Waals surface area contributed by atoms with Crippen molar-refractivity contribution in [1.29, 1.82) is 5.26 Å². The van der Waals surface area contributed by atoms with Gasteiger partial charge in [0.25, 0.3) is 5.91 Å². The van der Waals surface area contributed by atoms with E-state index in [9.17, 15) is 14.4 Å². The number of hydrogen-bond donors (Lipinski definition) is 4. The molecular weight excluding hydrogens is 519 g/mol. The number of hydrogen-bond acceptors (Lipinski definition) is 8. The standard InChI is InChI=1S/C31H33FN8O/c1-19(22-8-10-24(32)11-9-22)39-30(41)25-14-21(15-33)17-38-29(25)37-16-20-4-6-23(7-5-20)27-18-36-28(34)26(40-27)12-13-31(2,3)35/h4-11,14,17-19H,12-13,16,35H2,1-3H3,(H2,34,36)(H,37,38)(H,39,41)/t19-/m0/s1. The molecular formula is C31H33FN8O. The molecule has 0 fully saturated rings. The maximum atomic E-state index is 13.3. The van der Waals surface area contributed by atoms with Gasteiger partial charge in [0.2, 0.25) is 0 Å². The fourth-order valence-corrected chi connectivity index (χ4v) is 4.13. The third-order valence-corrected chi connectivity index (χ3v) is 6.57. The van der Waals surface area contributed by atoms with Gasteiger partial charge in [-0.3, -0.25) is 4.79 Å². The number of aryl methyl sites for hydroxylation is 1. The van der Waals surface area contributed by atoms with Crippen LogP contribution in [0.5, 0.6) is 0 Å². The number of nitriles is 1. The second kappa shape index (κ2) is 12.5. The summed E-state index contributed by atoms with van der Waals surface area (Å²) in [5.41, 5.74) is 16.3. The number of anilines is 2. The van der Waals surface area contributed by atoms with Crippen LogP contribution in [0.4, 0.5) is 16.0 Å². The Hall–Kier alpha value is -4.88. The van der Waals surface area contributed by atoms with Crippen molar-refractivity contribution < 1.29 is 9.18 Å². The minimum absolute atomic E-state index is 0.236. The van der Waals surface area contributed by atoms with E-state index in [1.54, 1.807) is 25.3 Å². The van der Waals surface area contributed by atoms with Gasteiger partial charge in [-0.2, -0.15) is 5.26 Å². The van der Waals surface area contributed by atoms with Crippen LogP contribution in [-0.2, 0) is 13.0 Å². The first-order valence-corrected chi connectivity index (χ1v) is 13.2. The summed E-state index contributed by atoms with van der Waals surface area (Å²) in [6.45, 7) is 6.11. The van der Waals surface area contributed by atoms with Crippen LogP contribution in [0, 0.1) is 17.1 Å². The summed E-state index contributed by atoms with van der Waals surface area (Å²) in [5, 5.41) is 15.4. The summed E-state index contributed by atoms with van der Waals surface area (Å²) in [6, 6.07) is 16.8. The fraction of sp³-hybridized carbons (Fsp3) is 0.258. The summed E-state index contributed by atoms with van der Waals surface area (Å²) in [7, 11) is 0. The maximum absolute atomic E-state index is 13.3. The number of nitrogens with two attached hydrogens (primary N) is 2. The van der Waals surface area contributed by atoms with Gasteiger partial charge in [-0.15, -0.1) is 0 Å². The van der Waals surface area contributed by atoms with Crippen LogP contribution in [0.2, 0.25) is 0 Å². The molecule has 0 aliphatic rings. The molecule has 4 aromatic rings. The number of benzene rings is 2. The zero-order chi connectivity index (χ0) is 29.6. The van der Waals surface area contributed by atoms with Gasteiger partial charge in [-0.1, -0.05) is 36.4 Å². The minimum Gasteiger partial charge on any atom is -0.382 e. The Labute approximate surface area is 238 Å². The summed E-state index contributed by atoms with van der Waals surface area (Å²) in [4.78, 5) is 26.5. The van der Waals surface area contributed by atoms with Crippen molar-refractivity contribution in [2.24, 2.45) is 5.73 Å². The molecule has 0 aliphatic heterocycles. The maximum Gasteiger partial charge on any atom is 0.255 e. The number of nitrogens with zero attached hydrogens (tertiary/aromatic N) is 4. The lowest BCUT2D eigenvalue weighted by atomic mass is 9.98. The first-order valence-electron chi connectivity index (χ1n) is 13.2. The molecule has 9 nitrogen and oxygen atoms in total. The van der Waals surface area contributed by atoms with Crippen LogP contribution in [0.15, 0.2) is 67.0 Å². The summed E-state index contributed by atoms with van der Waals surface area (Å²) < 4.78 is 13.3. The van der Waals surface area contributed by atoms with Crippen LogP contribution in [0.3, 0.4) is 0 Å². The predicted octanol–water partition coefficient (Wildman–Crippen LogP) is 4.90. The quantitative estimate of drug-likeness (QED) is 0.216. The van der Waals surface area contributed by atoms with E-state index in [0.717, 1.165) is 28.8 Å². The molecule has 2 aromatic heterocycles. The van der Waals surface area contributed by atoms with Crippen molar-refractivity contribution in [3.63, 3.8) is 0 Å². The predicted molar refractivity (Wildman–Crippen MR) is 157 cm³/mol. The molecule has 41 heavy (non-hydrogen) atoms. The Bertz CT molecular complexity index is 1560. The molecule has 10 heteroatoms. The largest absolute Gasteiger partial charge is 0.382 e. The SMILES string of the molecule is C[C@H](NC(=O)c1cc(C#N)cnc1NCc1ccc(-c2cnc(N)c(CCC(C)(C)N)n2)cc1)c1ccc(F)cc1. The van der Waals surface area contributed by atoms with Gasteiger partial charge in [-0.25, -0.2) is 19.3 Å². The molecule has 4 rings (SSSR count). The van der Waals surface area contributed by atoms with Crippen molar-refractivity contribution >= 4 is 17.5 Å². The van der Waals surface area contributed by atoms with Gasteiger partial charge < -0.3 is 22.1 Å². The zero-order valence-corrected chi connectivity index (χ0v) is 23.3. The lowest BCUT2D eigenvalue weighted by Gasteiger charge is -2.18. The van der Waals surface area contributed by atoms with E-state index in [4.69, 9.17) is 16.5 Å². The molecule has 0 saturated heterocycles. The van der Waals surface area contributed by atoms with E-state index in [0.29, 0.717) is 30.3 Å². The Morgan fingerprint density at radius 3 is 2.46 bits per heavy atom. The average Bonchev–Trinajstić information content (AvgIpc) is 2.95. The molecule has 1 atom stereocenters. The lowest BCUT2D eigenvalue weighted by molar-refractivity contribution is 0.0940. The fourth-order valence-electron chi connectivity index (χ4n) is 4.13. The van der Waals surface area contributed by atoms with E-state index in [1.165, 1.54) is 24.4 Å². The van der Waals surface area contributed by atoms with Crippen molar-refractivity contribution in [3.05, 3.63) is 101 Å². The number of carbonyl (C=O) groups is 1. The third kappa shape index (κ3) is 7.84. The molecule has 0 saturated carbocycles.